The molecule has 0 saturated heterocycles. The molecule has 0 spiro atoms. The van der Waals surface area contributed by atoms with Crippen LogP contribution >= 0.6 is 0 Å². The van der Waals surface area contributed by atoms with Crippen molar-refractivity contribution in [2.75, 3.05) is 12.8 Å². The summed E-state index contributed by atoms with van der Waals surface area (Å²) in [5.41, 5.74) is 9.55. The Morgan fingerprint density at radius 2 is 2.00 bits per heavy atom. The lowest BCUT2D eigenvalue weighted by molar-refractivity contribution is 0.100. The zero-order valence-corrected chi connectivity index (χ0v) is 13.6. The molecule has 1 aliphatic rings. The third-order valence-electron chi connectivity index (χ3n) is 4.15. The Labute approximate surface area is 136 Å². The number of hydrogen-bond donors (Lipinski definition) is 1. The van der Waals surface area contributed by atoms with Crippen molar-refractivity contribution in [2.24, 2.45) is 4.99 Å². The summed E-state index contributed by atoms with van der Waals surface area (Å²) in [5.74, 6) is 0.785. The van der Waals surface area contributed by atoms with Gasteiger partial charge in [0.05, 0.1) is 24.8 Å². The highest BCUT2D eigenvalue weighted by Gasteiger charge is 2.32. The first-order valence-electron chi connectivity index (χ1n) is 7.57. The first-order valence-corrected chi connectivity index (χ1v) is 7.57. The highest BCUT2D eigenvalue weighted by atomic mass is 16.5. The number of nitrogens with two attached hydrogens (primary N) is 1. The van der Waals surface area contributed by atoms with Crippen LogP contribution in [-0.4, -0.2) is 18.6 Å². The van der Waals surface area contributed by atoms with Crippen LogP contribution in [0.2, 0.25) is 0 Å². The minimum absolute atomic E-state index is 0.0162. The minimum atomic E-state index is -0.326. The molecule has 118 valence electrons. The number of methoxy groups -OCH3 is 1. The Morgan fingerprint density at radius 1 is 1.22 bits per heavy atom. The number of nitrogen functional groups attached to an aromatic ring is 1. The van der Waals surface area contributed by atoms with Crippen LogP contribution in [0.3, 0.4) is 0 Å². The van der Waals surface area contributed by atoms with Gasteiger partial charge in [-0.3, -0.25) is 9.79 Å². The fourth-order valence-corrected chi connectivity index (χ4v) is 2.98. The highest BCUT2D eigenvalue weighted by molar-refractivity contribution is 6.17. The van der Waals surface area contributed by atoms with Gasteiger partial charge in [0.2, 0.25) is 0 Å². The average Bonchev–Trinajstić information content (AvgIpc) is 2.77. The van der Waals surface area contributed by atoms with E-state index in [4.69, 9.17) is 15.5 Å². The minimum Gasteiger partial charge on any atom is -0.497 e. The van der Waals surface area contributed by atoms with Crippen LogP contribution in [0.1, 0.15) is 41.8 Å². The quantitative estimate of drug-likeness (QED) is 0.693. The van der Waals surface area contributed by atoms with Crippen LogP contribution in [-0.2, 0) is 5.54 Å². The first kappa shape index (κ1) is 15.3. The number of rotatable bonds is 4. The van der Waals surface area contributed by atoms with Gasteiger partial charge in [-0.15, -0.1) is 0 Å². The molecule has 0 bridgehead atoms. The molecule has 0 amide bonds. The van der Waals surface area contributed by atoms with Crippen molar-refractivity contribution in [1.82, 2.24) is 0 Å². The predicted molar refractivity (Wildman–Crippen MR) is 92.4 cm³/mol. The van der Waals surface area contributed by atoms with E-state index in [2.05, 4.69) is 13.8 Å². The normalized spacial score (nSPS) is 15.0. The molecule has 0 fully saturated rings. The van der Waals surface area contributed by atoms with E-state index in [0.717, 1.165) is 22.6 Å². The van der Waals surface area contributed by atoms with Gasteiger partial charge in [0.15, 0.2) is 5.78 Å². The zero-order chi connectivity index (χ0) is 16.6. The molecule has 4 heteroatoms. The summed E-state index contributed by atoms with van der Waals surface area (Å²) in [6.07, 6.45) is 0.257. The number of benzene rings is 2. The predicted octanol–water partition coefficient (Wildman–Crippen LogP) is 3.59. The third-order valence-corrected chi connectivity index (χ3v) is 4.15. The largest absolute Gasteiger partial charge is 0.497 e. The molecule has 1 aliphatic heterocycles. The van der Waals surface area contributed by atoms with Gasteiger partial charge < -0.3 is 10.5 Å². The van der Waals surface area contributed by atoms with Gasteiger partial charge in [-0.05, 0) is 43.7 Å². The van der Waals surface area contributed by atoms with E-state index < -0.39 is 0 Å². The van der Waals surface area contributed by atoms with E-state index in [0.29, 0.717) is 11.3 Å². The van der Waals surface area contributed by atoms with Crippen LogP contribution in [0.25, 0.3) is 0 Å². The lowest BCUT2D eigenvalue weighted by Gasteiger charge is -2.16. The first-order chi connectivity index (χ1) is 10.9. The van der Waals surface area contributed by atoms with Gasteiger partial charge in [-0.1, -0.05) is 18.2 Å². The number of aliphatic imine (C=N–C) groups is 1. The zero-order valence-electron chi connectivity index (χ0n) is 13.6. The van der Waals surface area contributed by atoms with Gasteiger partial charge >= 0.3 is 0 Å². The molecule has 2 aromatic carbocycles. The fourth-order valence-electron chi connectivity index (χ4n) is 2.98. The Hall–Kier alpha value is -2.62. The summed E-state index contributed by atoms with van der Waals surface area (Å²) < 4.78 is 5.30. The molecule has 0 atom stereocenters. The molecule has 2 N–H and O–H groups in total. The Bertz CT molecular complexity index is 807. The van der Waals surface area contributed by atoms with Crippen molar-refractivity contribution < 1.29 is 9.53 Å². The Balaban J connectivity index is 1.94. The molecular formula is C19H20N2O2. The van der Waals surface area contributed by atoms with E-state index in [1.165, 1.54) is 0 Å². The number of Topliss-reactive ketones (excluding diaryl/α,β-unsaturated/α-hetero) is 1. The van der Waals surface area contributed by atoms with Gasteiger partial charge in [0.25, 0.3) is 0 Å². The second kappa shape index (κ2) is 5.54. The summed E-state index contributed by atoms with van der Waals surface area (Å²) in [4.78, 5) is 17.3. The topological polar surface area (TPSA) is 64.7 Å². The van der Waals surface area contributed by atoms with Gasteiger partial charge in [-0.2, -0.15) is 0 Å². The van der Waals surface area contributed by atoms with E-state index in [1.54, 1.807) is 31.4 Å². The van der Waals surface area contributed by atoms with Gasteiger partial charge in [0, 0.05) is 16.8 Å². The summed E-state index contributed by atoms with van der Waals surface area (Å²) in [6, 6.07) is 13.0. The lowest BCUT2D eigenvalue weighted by Crippen LogP contribution is -2.10. The molecule has 1 heterocycles. The Morgan fingerprint density at radius 3 is 2.70 bits per heavy atom. The molecule has 0 aliphatic carbocycles. The molecule has 0 aromatic heterocycles. The van der Waals surface area contributed by atoms with Crippen molar-refractivity contribution in [1.29, 1.82) is 0 Å². The third kappa shape index (κ3) is 2.84. The van der Waals surface area contributed by atoms with Gasteiger partial charge in [-0.25, -0.2) is 0 Å². The smallest absolute Gasteiger partial charge is 0.168 e. The molecular weight excluding hydrogens is 288 g/mol. The van der Waals surface area contributed by atoms with E-state index in [-0.39, 0.29) is 17.7 Å². The van der Waals surface area contributed by atoms with Crippen molar-refractivity contribution in [3.05, 3.63) is 59.2 Å². The van der Waals surface area contributed by atoms with Crippen molar-refractivity contribution in [3.63, 3.8) is 0 Å². The molecule has 3 rings (SSSR count). The van der Waals surface area contributed by atoms with E-state index in [1.807, 2.05) is 18.2 Å². The number of hydrogen-bond acceptors (Lipinski definition) is 4. The molecule has 0 unspecified atom stereocenters. The van der Waals surface area contributed by atoms with Crippen molar-refractivity contribution in [2.45, 2.75) is 25.8 Å². The average molecular weight is 308 g/mol. The Kier molecular flexibility index (Phi) is 3.68. The molecule has 23 heavy (non-hydrogen) atoms. The molecule has 0 saturated carbocycles. The second-order valence-electron chi connectivity index (χ2n) is 6.25. The number of carbonyl (C=O) groups excluding carboxylic acids is 1. The van der Waals surface area contributed by atoms with E-state index >= 15 is 0 Å². The second-order valence-corrected chi connectivity index (χ2v) is 6.25. The molecule has 4 nitrogen and oxygen atoms in total. The number of carbonyl (C=O) groups is 1. The number of nitrogens with zero attached hydrogens (tertiary/aromatic N) is 1. The maximum absolute atomic E-state index is 12.6. The van der Waals surface area contributed by atoms with Crippen LogP contribution in [0.4, 0.5) is 5.69 Å². The number of ketones is 1. The van der Waals surface area contributed by atoms with Crippen LogP contribution < -0.4 is 10.5 Å². The van der Waals surface area contributed by atoms with Gasteiger partial charge in [0.1, 0.15) is 5.75 Å². The maximum atomic E-state index is 12.6. The number of fused-ring (bicyclic) bond motifs is 1. The number of anilines is 1. The van der Waals surface area contributed by atoms with E-state index in [9.17, 15) is 4.79 Å². The highest BCUT2D eigenvalue weighted by Crippen LogP contribution is 2.37. The fraction of sp³-hybridized carbons (Fsp3) is 0.263. The summed E-state index contributed by atoms with van der Waals surface area (Å²) in [7, 11) is 1.64. The number of ether oxygens (including phenoxy) is 1. The van der Waals surface area contributed by atoms with Crippen LogP contribution in [0.5, 0.6) is 5.75 Å². The van der Waals surface area contributed by atoms with Crippen molar-refractivity contribution in [3.8, 4) is 5.75 Å². The monoisotopic (exact) mass is 308 g/mol. The lowest BCUT2D eigenvalue weighted by atomic mass is 9.91. The van der Waals surface area contributed by atoms with Crippen LogP contribution in [0.15, 0.2) is 47.5 Å². The standard InChI is InChI=1S/C19H20N2O2/c1-19(2)16-8-7-14(23-3)10-15(16)17(21-19)11-18(22)12-5-4-6-13(20)9-12/h4-10H,11,20H2,1-3H3. The van der Waals surface area contributed by atoms with Crippen molar-refractivity contribution >= 4 is 17.2 Å². The summed E-state index contributed by atoms with van der Waals surface area (Å²) in [5, 5.41) is 0. The summed E-state index contributed by atoms with van der Waals surface area (Å²) in [6.45, 7) is 4.10. The maximum Gasteiger partial charge on any atom is 0.168 e. The molecule has 0 radical (unpaired) electrons. The van der Waals surface area contributed by atoms with Crippen LogP contribution in [0, 0.1) is 0 Å². The molecule has 2 aromatic rings. The summed E-state index contributed by atoms with van der Waals surface area (Å²) >= 11 is 0. The SMILES string of the molecule is COc1ccc2c(c1)C(CC(=O)c1cccc(N)c1)=NC2(C)C.